The van der Waals surface area contributed by atoms with Crippen LogP contribution in [0.3, 0.4) is 0 Å². The Kier molecular flexibility index (Phi) is 4.44. The molecule has 0 radical (unpaired) electrons. The van der Waals surface area contributed by atoms with E-state index < -0.39 is 0 Å². The molecule has 2 aromatic carbocycles. The lowest BCUT2D eigenvalue weighted by atomic mass is 10.0. The molecule has 0 saturated heterocycles. The second kappa shape index (κ2) is 7.40. The van der Waals surface area contributed by atoms with Crippen LogP contribution in [0, 0.1) is 6.92 Å². The molecule has 0 amide bonds. The number of aryl methyl sites for hydroxylation is 1. The van der Waals surface area contributed by atoms with E-state index in [0.29, 0.717) is 23.2 Å². The van der Waals surface area contributed by atoms with Crippen molar-refractivity contribution in [2.24, 2.45) is 0 Å². The first kappa shape index (κ1) is 18.0. The monoisotopic (exact) mass is 397 g/mol. The molecule has 8 nitrogen and oxygen atoms in total. The van der Waals surface area contributed by atoms with E-state index in [4.69, 9.17) is 9.84 Å². The molecule has 0 saturated carbocycles. The molecule has 0 aliphatic carbocycles. The molecule has 5 rings (SSSR count). The van der Waals surface area contributed by atoms with Crippen molar-refractivity contribution in [1.82, 2.24) is 35.0 Å². The molecular formula is C22H19N7O. The number of fused-ring (bicyclic) bond motifs is 1. The second-order valence-corrected chi connectivity index (χ2v) is 6.91. The Bertz CT molecular complexity index is 1280. The minimum atomic E-state index is -0.389. The Morgan fingerprint density at radius 3 is 2.30 bits per heavy atom. The van der Waals surface area contributed by atoms with E-state index in [9.17, 15) is 0 Å². The van der Waals surface area contributed by atoms with E-state index in [1.807, 2.05) is 74.5 Å². The maximum Gasteiger partial charge on any atom is 0.240 e. The van der Waals surface area contributed by atoms with E-state index in [2.05, 4.69) is 25.4 Å². The van der Waals surface area contributed by atoms with Crippen molar-refractivity contribution in [3.63, 3.8) is 0 Å². The zero-order valence-electron chi connectivity index (χ0n) is 16.5. The van der Waals surface area contributed by atoms with Crippen molar-refractivity contribution < 1.29 is 4.74 Å². The number of hydrogen-bond acceptors (Lipinski definition) is 6. The van der Waals surface area contributed by atoms with Crippen LogP contribution < -0.4 is 4.74 Å². The first-order chi connectivity index (χ1) is 14.7. The first-order valence-corrected chi connectivity index (χ1v) is 9.61. The van der Waals surface area contributed by atoms with Gasteiger partial charge in [0.05, 0.1) is 5.56 Å². The quantitative estimate of drug-likeness (QED) is 0.481. The molecular weight excluding hydrogens is 378 g/mol. The highest BCUT2D eigenvalue weighted by molar-refractivity contribution is 5.77. The predicted octanol–water partition coefficient (Wildman–Crippen LogP) is 4.02. The molecule has 1 unspecified atom stereocenters. The summed E-state index contributed by atoms with van der Waals surface area (Å²) in [6.07, 6.45) is 1.14. The zero-order valence-corrected chi connectivity index (χ0v) is 16.5. The molecule has 0 spiro atoms. The third kappa shape index (κ3) is 3.08. The summed E-state index contributed by atoms with van der Waals surface area (Å²) >= 11 is 0. The third-order valence-corrected chi connectivity index (χ3v) is 4.94. The van der Waals surface area contributed by atoms with Crippen molar-refractivity contribution in [2.75, 3.05) is 0 Å². The van der Waals surface area contributed by atoms with Crippen LogP contribution in [0.5, 0.6) is 5.88 Å². The zero-order chi connectivity index (χ0) is 20.5. The van der Waals surface area contributed by atoms with Gasteiger partial charge in [0, 0.05) is 11.1 Å². The maximum absolute atomic E-state index is 6.26. The molecule has 3 heterocycles. The van der Waals surface area contributed by atoms with Crippen molar-refractivity contribution in [1.29, 1.82) is 0 Å². The fraction of sp³-hybridized carbons (Fsp3) is 0.136. The van der Waals surface area contributed by atoms with E-state index in [1.165, 1.54) is 6.33 Å². The van der Waals surface area contributed by atoms with Gasteiger partial charge in [-0.3, -0.25) is 5.10 Å². The van der Waals surface area contributed by atoms with E-state index in [-0.39, 0.29) is 6.10 Å². The molecule has 5 aromatic rings. The number of benzene rings is 2. The normalized spacial score (nSPS) is 12.2. The van der Waals surface area contributed by atoms with E-state index in [1.54, 1.807) is 4.52 Å². The van der Waals surface area contributed by atoms with Gasteiger partial charge in [0.1, 0.15) is 6.33 Å². The van der Waals surface area contributed by atoms with Gasteiger partial charge in [-0.15, -0.1) is 15.3 Å². The molecule has 148 valence electrons. The van der Waals surface area contributed by atoms with E-state index in [0.717, 1.165) is 22.3 Å². The average molecular weight is 397 g/mol. The van der Waals surface area contributed by atoms with Gasteiger partial charge < -0.3 is 4.74 Å². The average Bonchev–Trinajstić information content (AvgIpc) is 3.46. The second-order valence-electron chi connectivity index (χ2n) is 6.91. The number of ether oxygens (including phenoxy) is 1. The van der Waals surface area contributed by atoms with Crippen molar-refractivity contribution in [3.8, 4) is 28.4 Å². The van der Waals surface area contributed by atoms with Crippen LogP contribution in [-0.2, 0) is 0 Å². The topological polar surface area (TPSA) is 93.9 Å². The van der Waals surface area contributed by atoms with Gasteiger partial charge in [0.15, 0.2) is 23.4 Å². The van der Waals surface area contributed by atoms with Crippen LogP contribution in [0.2, 0.25) is 0 Å². The molecule has 1 N–H and O–H groups in total. The van der Waals surface area contributed by atoms with E-state index >= 15 is 0 Å². The third-order valence-electron chi connectivity index (χ3n) is 4.94. The van der Waals surface area contributed by atoms with Crippen LogP contribution in [0.25, 0.3) is 28.2 Å². The highest BCUT2D eigenvalue weighted by Crippen LogP contribution is 2.36. The van der Waals surface area contributed by atoms with Gasteiger partial charge in [-0.2, -0.15) is 9.61 Å². The summed E-state index contributed by atoms with van der Waals surface area (Å²) in [6, 6.07) is 19.9. The summed E-state index contributed by atoms with van der Waals surface area (Å²) < 4.78 is 7.99. The highest BCUT2D eigenvalue weighted by atomic mass is 16.5. The number of nitrogens with one attached hydrogen (secondary N) is 1. The van der Waals surface area contributed by atoms with Crippen LogP contribution in [0.4, 0.5) is 0 Å². The van der Waals surface area contributed by atoms with Gasteiger partial charge in [-0.25, -0.2) is 4.98 Å². The number of nitrogens with zero attached hydrogens (tertiary/aromatic N) is 6. The Morgan fingerprint density at radius 1 is 0.933 bits per heavy atom. The minimum absolute atomic E-state index is 0.389. The molecule has 3 aromatic heterocycles. The fourth-order valence-corrected chi connectivity index (χ4v) is 3.45. The van der Waals surface area contributed by atoms with Crippen molar-refractivity contribution in [2.45, 2.75) is 20.0 Å². The largest absolute Gasteiger partial charge is 0.465 e. The standard InChI is InChI=1S/C22H19N7O/c1-14-18(16-9-5-3-6-10-16)22(30-15(2)19-23-13-24-25-19)28-29-20(14)26-27-21(29)17-11-7-4-8-12-17/h3-13,15H,1-2H3,(H,23,24,25). The van der Waals surface area contributed by atoms with Crippen molar-refractivity contribution >= 4 is 5.65 Å². The van der Waals surface area contributed by atoms with Crippen molar-refractivity contribution in [3.05, 3.63) is 78.4 Å². The minimum Gasteiger partial charge on any atom is -0.465 e. The molecule has 0 fully saturated rings. The highest BCUT2D eigenvalue weighted by Gasteiger charge is 2.22. The SMILES string of the molecule is Cc1c(-c2ccccc2)c(OC(C)c2nc[nH]n2)nn2c(-c3ccccc3)nnc12. The first-order valence-electron chi connectivity index (χ1n) is 9.61. The summed E-state index contributed by atoms with van der Waals surface area (Å²) in [5.74, 6) is 1.68. The predicted molar refractivity (Wildman–Crippen MR) is 112 cm³/mol. The summed E-state index contributed by atoms with van der Waals surface area (Å²) in [7, 11) is 0. The molecule has 8 heteroatoms. The maximum atomic E-state index is 6.26. The molecule has 1 atom stereocenters. The number of rotatable bonds is 5. The lowest BCUT2D eigenvalue weighted by Crippen LogP contribution is -2.10. The van der Waals surface area contributed by atoms with Gasteiger partial charge in [0.25, 0.3) is 0 Å². The van der Waals surface area contributed by atoms with Crippen LogP contribution in [-0.4, -0.2) is 35.0 Å². The lowest BCUT2D eigenvalue weighted by molar-refractivity contribution is 0.206. The summed E-state index contributed by atoms with van der Waals surface area (Å²) in [5, 5.41) is 20.5. The summed E-state index contributed by atoms with van der Waals surface area (Å²) in [4.78, 5) is 4.20. The van der Waals surface area contributed by atoms with Gasteiger partial charge in [-0.05, 0) is 19.4 Å². The number of hydrogen-bond donors (Lipinski definition) is 1. The molecule has 0 bridgehead atoms. The molecule has 0 aliphatic rings. The number of aromatic nitrogens is 7. The molecule has 30 heavy (non-hydrogen) atoms. The summed E-state index contributed by atoms with van der Waals surface area (Å²) in [6.45, 7) is 3.90. The van der Waals surface area contributed by atoms with Gasteiger partial charge >= 0.3 is 0 Å². The van der Waals surface area contributed by atoms with Gasteiger partial charge in [0.2, 0.25) is 5.88 Å². The Morgan fingerprint density at radius 2 is 1.63 bits per heavy atom. The van der Waals surface area contributed by atoms with Crippen LogP contribution in [0.1, 0.15) is 24.4 Å². The number of aromatic amines is 1. The smallest absolute Gasteiger partial charge is 0.240 e. The Hall–Kier alpha value is -4.07. The number of H-pyrrole nitrogens is 1. The summed E-state index contributed by atoms with van der Waals surface area (Å²) in [5.41, 5.74) is 4.41. The Labute approximate surface area is 172 Å². The van der Waals surface area contributed by atoms with Gasteiger partial charge in [-0.1, -0.05) is 60.7 Å². The van der Waals surface area contributed by atoms with Crippen LogP contribution >= 0.6 is 0 Å². The molecule has 0 aliphatic heterocycles. The fourth-order valence-electron chi connectivity index (χ4n) is 3.45. The Balaban J connectivity index is 1.72. The lowest BCUT2D eigenvalue weighted by Gasteiger charge is -2.17. The van der Waals surface area contributed by atoms with Crippen LogP contribution in [0.15, 0.2) is 67.0 Å².